The van der Waals surface area contributed by atoms with Crippen molar-refractivity contribution in [3.63, 3.8) is 0 Å². The molecule has 0 saturated carbocycles. The summed E-state index contributed by atoms with van der Waals surface area (Å²) in [7, 11) is 1.82. The van der Waals surface area contributed by atoms with Crippen LogP contribution in [-0.2, 0) is 0 Å². The van der Waals surface area contributed by atoms with Crippen LogP contribution in [0.5, 0.6) is 0 Å². The Bertz CT molecular complexity index is 312. The SMILES string of the molecule is CNC(c1cc(Cl)ccc1F)C(C)C. The highest BCUT2D eigenvalue weighted by atomic mass is 35.5. The normalized spacial score (nSPS) is 13.3. The molecule has 1 aromatic carbocycles. The molecule has 0 heterocycles. The van der Waals surface area contributed by atoms with Crippen molar-refractivity contribution in [2.45, 2.75) is 19.9 Å². The quantitative estimate of drug-likeness (QED) is 0.815. The molecule has 1 unspecified atom stereocenters. The summed E-state index contributed by atoms with van der Waals surface area (Å²) in [4.78, 5) is 0. The van der Waals surface area contributed by atoms with Gasteiger partial charge in [0.2, 0.25) is 0 Å². The minimum absolute atomic E-state index is 0.00806. The van der Waals surface area contributed by atoms with Crippen LogP contribution in [0, 0.1) is 11.7 Å². The second-order valence-electron chi connectivity index (χ2n) is 3.68. The van der Waals surface area contributed by atoms with Gasteiger partial charge in [0.05, 0.1) is 0 Å². The van der Waals surface area contributed by atoms with Crippen LogP contribution in [0.4, 0.5) is 4.39 Å². The highest BCUT2D eigenvalue weighted by Gasteiger charge is 2.17. The zero-order valence-electron chi connectivity index (χ0n) is 8.64. The van der Waals surface area contributed by atoms with Crippen LogP contribution in [0.1, 0.15) is 25.5 Å². The molecule has 0 aliphatic carbocycles. The predicted octanol–water partition coefficient (Wildman–Crippen LogP) is 3.40. The van der Waals surface area contributed by atoms with E-state index >= 15 is 0 Å². The lowest BCUT2D eigenvalue weighted by molar-refractivity contribution is 0.424. The van der Waals surface area contributed by atoms with Crippen molar-refractivity contribution in [3.8, 4) is 0 Å². The molecular weight excluding hydrogens is 201 g/mol. The molecule has 3 heteroatoms. The van der Waals surface area contributed by atoms with E-state index in [4.69, 9.17) is 11.6 Å². The van der Waals surface area contributed by atoms with Gasteiger partial charge in [-0.2, -0.15) is 0 Å². The Balaban J connectivity index is 3.08. The average molecular weight is 216 g/mol. The highest BCUT2D eigenvalue weighted by molar-refractivity contribution is 6.30. The molecule has 1 aromatic rings. The lowest BCUT2D eigenvalue weighted by Gasteiger charge is -2.21. The third kappa shape index (κ3) is 2.46. The van der Waals surface area contributed by atoms with Crippen LogP contribution >= 0.6 is 11.6 Å². The molecule has 0 bridgehead atoms. The molecule has 78 valence electrons. The first-order valence-corrected chi connectivity index (χ1v) is 5.06. The van der Waals surface area contributed by atoms with Gasteiger partial charge >= 0.3 is 0 Å². The van der Waals surface area contributed by atoms with Gasteiger partial charge in [-0.3, -0.25) is 0 Å². The smallest absolute Gasteiger partial charge is 0.128 e. The zero-order valence-corrected chi connectivity index (χ0v) is 9.40. The van der Waals surface area contributed by atoms with E-state index in [1.54, 1.807) is 12.1 Å². The van der Waals surface area contributed by atoms with Crippen molar-refractivity contribution < 1.29 is 4.39 Å². The molecule has 0 aliphatic heterocycles. The van der Waals surface area contributed by atoms with E-state index in [1.807, 2.05) is 20.9 Å². The maximum atomic E-state index is 13.5. The van der Waals surface area contributed by atoms with E-state index in [2.05, 4.69) is 5.32 Å². The van der Waals surface area contributed by atoms with Gasteiger partial charge in [-0.25, -0.2) is 4.39 Å². The number of nitrogens with one attached hydrogen (secondary N) is 1. The molecule has 0 spiro atoms. The second-order valence-corrected chi connectivity index (χ2v) is 4.11. The van der Waals surface area contributed by atoms with Gasteiger partial charge in [0, 0.05) is 16.6 Å². The first-order chi connectivity index (χ1) is 6.56. The van der Waals surface area contributed by atoms with Crippen molar-refractivity contribution in [1.29, 1.82) is 0 Å². The highest BCUT2D eigenvalue weighted by Crippen LogP contribution is 2.26. The number of rotatable bonds is 3. The van der Waals surface area contributed by atoms with E-state index in [0.717, 1.165) is 0 Å². The molecule has 1 rings (SSSR count). The van der Waals surface area contributed by atoms with Gasteiger partial charge in [0.25, 0.3) is 0 Å². The largest absolute Gasteiger partial charge is 0.313 e. The molecule has 1 N–H and O–H groups in total. The fourth-order valence-corrected chi connectivity index (χ4v) is 1.78. The Morgan fingerprint density at radius 2 is 2.00 bits per heavy atom. The minimum Gasteiger partial charge on any atom is -0.313 e. The topological polar surface area (TPSA) is 12.0 Å². The Kier molecular flexibility index (Phi) is 3.90. The Morgan fingerprint density at radius 3 is 2.50 bits per heavy atom. The minimum atomic E-state index is -0.206. The summed E-state index contributed by atoms with van der Waals surface area (Å²) in [6.07, 6.45) is 0. The van der Waals surface area contributed by atoms with E-state index in [0.29, 0.717) is 16.5 Å². The molecule has 0 fully saturated rings. The molecular formula is C11H15ClFN. The maximum absolute atomic E-state index is 13.5. The van der Waals surface area contributed by atoms with E-state index in [1.165, 1.54) is 6.07 Å². The van der Waals surface area contributed by atoms with Crippen molar-refractivity contribution >= 4 is 11.6 Å². The third-order valence-electron chi connectivity index (χ3n) is 2.27. The lowest BCUT2D eigenvalue weighted by Crippen LogP contribution is -2.22. The van der Waals surface area contributed by atoms with Gasteiger partial charge in [-0.1, -0.05) is 25.4 Å². The van der Waals surface area contributed by atoms with Crippen LogP contribution in [-0.4, -0.2) is 7.05 Å². The van der Waals surface area contributed by atoms with Crippen molar-refractivity contribution in [1.82, 2.24) is 5.32 Å². The van der Waals surface area contributed by atoms with Crippen LogP contribution in [0.25, 0.3) is 0 Å². The fraction of sp³-hybridized carbons (Fsp3) is 0.455. The van der Waals surface area contributed by atoms with Crippen molar-refractivity contribution in [3.05, 3.63) is 34.6 Å². The molecule has 1 nitrogen and oxygen atoms in total. The van der Waals surface area contributed by atoms with Gasteiger partial charge in [0.15, 0.2) is 0 Å². The van der Waals surface area contributed by atoms with Crippen LogP contribution < -0.4 is 5.32 Å². The number of benzene rings is 1. The monoisotopic (exact) mass is 215 g/mol. The van der Waals surface area contributed by atoms with Crippen LogP contribution in [0.15, 0.2) is 18.2 Å². The average Bonchev–Trinajstić information content (AvgIpc) is 2.11. The Hall–Kier alpha value is -0.600. The first kappa shape index (κ1) is 11.5. The van der Waals surface area contributed by atoms with Crippen molar-refractivity contribution in [2.24, 2.45) is 5.92 Å². The Labute approximate surface area is 89.3 Å². The summed E-state index contributed by atoms with van der Waals surface area (Å²) in [6, 6.07) is 4.66. The molecule has 1 atom stereocenters. The standard InChI is InChI=1S/C11H15ClFN/c1-7(2)11(14-3)9-6-8(12)4-5-10(9)13/h4-7,11,14H,1-3H3. The summed E-state index contributed by atoms with van der Waals surface area (Å²) in [5.41, 5.74) is 0.634. The van der Waals surface area contributed by atoms with E-state index < -0.39 is 0 Å². The summed E-state index contributed by atoms with van der Waals surface area (Å²) < 4.78 is 13.5. The summed E-state index contributed by atoms with van der Waals surface area (Å²) in [5, 5.41) is 3.66. The van der Waals surface area contributed by atoms with Crippen LogP contribution in [0.2, 0.25) is 5.02 Å². The van der Waals surface area contributed by atoms with Gasteiger partial charge < -0.3 is 5.32 Å². The molecule has 0 aromatic heterocycles. The first-order valence-electron chi connectivity index (χ1n) is 4.68. The summed E-state index contributed by atoms with van der Waals surface area (Å²) in [5.74, 6) is 0.121. The van der Waals surface area contributed by atoms with E-state index in [-0.39, 0.29) is 11.9 Å². The molecule has 0 radical (unpaired) electrons. The molecule has 0 aliphatic rings. The van der Waals surface area contributed by atoms with Crippen molar-refractivity contribution in [2.75, 3.05) is 7.05 Å². The number of hydrogen-bond acceptors (Lipinski definition) is 1. The molecule has 14 heavy (non-hydrogen) atoms. The fourth-order valence-electron chi connectivity index (χ4n) is 1.60. The van der Waals surface area contributed by atoms with Gasteiger partial charge in [-0.15, -0.1) is 0 Å². The molecule has 0 amide bonds. The Morgan fingerprint density at radius 1 is 1.36 bits per heavy atom. The predicted molar refractivity (Wildman–Crippen MR) is 58.0 cm³/mol. The van der Waals surface area contributed by atoms with E-state index in [9.17, 15) is 4.39 Å². The summed E-state index contributed by atoms with van der Waals surface area (Å²) >= 11 is 5.83. The molecule has 0 saturated heterocycles. The number of hydrogen-bond donors (Lipinski definition) is 1. The van der Waals surface area contributed by atoms with Crippen LogP contribution in [0.3, 0.4) is 0 Å². The summed E-state index contributed by atoms with van der Waals surface area (Å²) in [6.45, 7) is 4.09. The maximum Gasteiger partial charge on any atom is 0.128 e. The lowest BCUT2D eigenvalue weighted by atomic mass is 9.96. The number of halogens is 2. The van der Waals surface area contributed by atoms with Gasteiger partial charge in [0.1, 0.15) is 5.82 Å². The van der Waals surface area contributed by atoms with Gasteiger partial charge in [-0.05, 0) is 31.2 Å². The second kappa shape index (κ2) is 4.76. The zero-order chi connectivity index (χ0) is 10.7. The third-order valence-corrected chi connectivity index (χ3v) is 2.51.